The van der Waals surface area contributed by atoms with E-state index in [2.05, 4.69) is 11.1 Å². The Hall–Kier alpha value is -3.17. The number of hydrogen-bond donors (Lipinski definition) is 0. The van der Waals surface area contributed by atoms with Crippen molar-refractivity contribution in [3.8, 4) is 17.6 Å². The Labute approximate surface area is 148 Å². The summed E-state index contributed by atoms with van der Waals surface area (Å²) in [6.07, 6.45) is 1.68. The van der Waals surface area contributed by atoms with Crippen molar-refractivity contribution in [1.82, 2.24) is 4.98 Å². The van der Waals surface area contributed by atoms with Crippen LogP contribution in [-0.4, -0.2) is 19.2 Å². The lowest BCUT2D eigenvalue weighted by Gasteiger charge is -2.08. The number of hydrogen-bond acceptors (Lipinski definition) is 6. The van der Waals surface area contributed by atoms with Crippen LogP contribution in [0.15, 0.2) is 47.3 Å². The molecule has 2 aromatic carbocycles. The van der Waals surface area contributed by atoms with Gasteiger partial charge in [-0.1, -0.05) is 18.2 Å². The minimum atomic E-state index is -0.335. The van der Waals surface area contributed by atoms with E-state index >= 15 is 0 Å². The molecule has 0 bridgehead atoms. The van der Waals surface area contributed by atoms with E-state index in [1.165, 1.54) is 11.3 Å². The average Bonchev–Trinajstić information content (AvgIpc) is 2.65. The molecule has 5 nitrogen and oxygen atoms in total. The molecule has 0 atom stereocenters. The fourth-order valence-electron chi connectivity index (χ4n) is 2.38. The van der Waals surface area contributed by atoms with E-state index in [0.717, 1.165) is 10.3 Å². The molecule has 6 heteroatoms. The molecule has 25 heavy (non-hydrogen) atoms. The number of allylic oxidation sites excluding steroid dienone is 1. The Morgan fingerprint density at radius 2 is 1.92 bits per heavy atom. The molecule has 0 spiro atoms. The van der Waals surface area contributed by atoms with Gasteiger partial charge < -0.3 is 9.47 Å². The van der Waals surface area contributed by atoms with Crippen molar-refractivity contribution in [1.29, 1.82) is 5.26 Å². The molecule has 0 radical (unpaired) electrons. The number of fused-ring (bicyclic) bond motifs is 1. The van der Waals surface area contributed by atoms with Crippen LogP contribution >= 0.6 is 11.3 Å². The van der Waals surface area contributed by atoms with E-state index < -0.39 is 0 Å². The fraction of sp³-hybridized carbons (Fsp3) is 0.105. The summed E-state index contributed by atoms with van der Waals surface area (Å²) in [4.78, 5) is 16.2. The number of nitrogens with zero attached hydrogens (tertiary/aromatic N) is 2. The molecular weight excluding hydrogens is 336 g/mol. The minimum absolute atomic E-state index is 0.320. The van der Waals surface area contributed by atoms with Crippen LogP contribution in [0.4, 0.5) is 0 Å². The van der Waals surface area contributed by atoms with Crippen molar-refractivity contribution >= 4 is 33.1 Å². The minimum Gasteiger partial charge on any atom is -0.493 e. The molecule has 0 N–H and O–H groups in total. The van der Waals surface area contributed by atoms with Crippen LogP contribution < -0.4 is 15.0 Å². The van der Waals surface area contributed by atoms with Crippen molar-refractivity contribution in [2.75, 3.05) is 14.2 Å². The van der Waals surface area contributed by atoms with Crippen molar-refractivity contribution in [3.63, 3.8) is 0 Å². The van der Waals surface area contributed by atoms with Crippen LogP contribution in [0, 0.1) is 11.3 Å². The number of methoxy groups -OCH3 is 2. The van der Waals surface area contributed by atoms with E-state index in [1.807, 2.05) is 18.2 Å². The summed E-state index contributed by atoms with van der Waals surface area (Å²) in [7, 11) is 3.11. The first-order chi connectivity index (χ1) is 12.2. The molecule has 1 heterocycles. The SMILES string of the molecule is COc1ccc(C=C(C#N)c2nc(=O)c3ccccc3s2)cc1OC. The highest BCUT2D eigenvalue weighted by atomic mass is 32.1. The Kier molecular flexibility index (Phi) is 4.78. The van der Waals surface area contributed by atoms with Gasteiger partial charge in [-0.2, -0.15) is 10.2 Å². The lowest BCUT2D eigenvalue weighted by molar-refractivity contribution is 0.355. The third-order valence-corrected chi connectivity index (χ3v) is 4.68. The average molecular weight is 350 g/mol. The molecule has 0 aliphatic carbocycles. The molecule has 3 rings (SSSR count). The monoisotopic (exact) mass is 350 g/mol. The van der Waals surface area contributed by atoms with E-state index in [4.69, 9.17) is 9.47 Å². The molecular formula is C19H14N2O3S. The predicted molar refractivity (Wildman–Crippen MR) is 98.9 cm³/mol. The van der Waals surface area contributed by atoms with Gasteiger partial charge in [0.1, 0.15) is 11.1 Å². The molecule has 1 aromatic heterocycles. The van der Waals surface area contributed by atoms with Crippen molar-refractivity contribution in [3.05, 3.63) is 63.4 Å². The zero-order valence-electron chi connectivity index (χ0n) is 13.6. The molecule has 0 aliphatic rings. The summed E-state index contributed by atoms with van der Waals surface area (Å²) in [5, 5.41) is 10.5. The van der Waals surface area contributed by atoms with Gasteiger partial charge in [-0.3, -0.25) is 4.79 Å². The topological polar surface area (TPSA) is 72.2 Å². The van der Waals surface area contributed by atoms with Gasteiger partial charge in [0.2, 0.25) is 0 Å². The van der Waals surface area contributed by atoms with Gasteiger partial charge >= 0.3 is 0 Å². The largest absolute Gasteiger partial charge is 0.493 e. The summed E-state index contributed by atoms with van der Waals surface area (Å²) >= 11 is 1.31. The normalized spacial score (nSPS) is 11.2. The second-order valence-electron chi connectivity index (χ2n) is 5.10. The third-order valence-electron chi connectivity index (χ3n) is 3.60. The highest BCUT2D eigenvalue weighted by Crippen LogP contribution is 2.30. The first kappa shape index (κ1) is 16.7. The van der Waals surface area contributed by atoms with Gasteiger partial charge in [0, 0.05) is 4.70 Å². The first-order valence-electron chi connectivity index (χ1n) is 7.40. The van der Waals surface area contributed by atoms with E-state index in [9.17, 15) is 10.1 Å². The van der Waals surface area contributed by atoms with Crippen molar-refractivity contribution in [2.24, 2.45) is 0 Å². The molecule has 0 saturated carbocycles. The quantitative estimate of drug-likeness (QED) is 0.670. The molecule has 0 saturated heterocycles. The lowest BCUT2D eigenvalue weighted by atomic mass is 10.1. The van der Waals surface area contributed by atoms with Crippen LogP contribution in [-0.2, 0) is 0 Å². The number of ether oxygens (including phenoxy) is 2. The summed E-state index contributed by atoms with van der Waals surface area (Å²) in [5.41, 5.74) is 0.738. The fourth-order valence-corrected chi connectivity index (χ4v) is 3.34. The van der Waals surface area contributed by atoms with Gasteiger partial charge in [-0.15, -0.1) is 11.3 Å². The predicted octanol–water partition coefficient (Wildman–Crippen LogP) is 3.74. The highest BCUT2D eigenvalue weighted by Gasteiger charge is 2.10. The maximum Gasteiger partial charge on any atom is 0.279 e. The van der Waals surface area contributed by atoms with Gasteiger partial charge in [0.25, 0.3) is 5.56 Å². The highest BCUT2D eigenvalue weighted by molar-refractivity contribution is 7.19. The number of nitriles is 1. The Balaban J connectivity index is 2.10. The van der Waals surface area contributed by atoms with Crippen LogP contribution in [0.2, 0.25) is 0 Å². The second kappa shape index (κ2) is 7.16. The second-order valence-corrected chi connectivity index (χ2v) is 6.14. The molecule has 3 aromatic rings. The van der Waals surface area contributed by atoms with Crippen LogP contribution in [0.3, 0.4) is 0 Å². The van der Waals surface area contributed by atoms with Crippen LogP contribution in [0.5, 0.6) is 11.5 Å². The van der Waals surface area contributed by atoms with Crippen molar-refractivity contribution < 1.29 is 9.47 Å². The Morgan fingerprint density at radius 3 is 2.64 bits per heavy atom. The number of aromatic nitrogens is 1. The molecule has 0 fully saturated rings. The Bertz CT molecular complexity index is 1060. The molecule has 0 unspecified atom stereocenters. The van der Waals surface area contributed by atoms with E-state index in [-0.39, 0.29) is 5.56 Å². The maximum atomic E-state index is 12.2. The summed E-state index contributed by atoms with van der Waals surface area (Å²) in [6, 6.07) is 14.7. The molecule has 0 amide bonds. The van der Waals surface area contributed by atoms with E-state index in [1.54, 1.807) is 44.6 Å². The number of benzene rings is 2. The Morgan fingerprint density at radius 1 is 1.16 bits per heavy atom. The van der Waals surface area contributed by atoms with Gasteiger partial charge in [-0.05, 0) is 35.9 Å². The third kappa shape index (κ3) is 3.37. The van der Waals surface area contributed by atoms with Gasteiger partial charge in [0.05, 0.1) is 25.2 Å². The zero-order chi connectivity index (χ0) is 17.8. The lowest BCUT2D eigenvalue weighted by Crippen LogP contribution is -2.07. The maximum absolute atomic E-state index is 12.2. The van der Waals surface area contributed by atoms with Crippen LogP contribution in [0.25, 0.3) is 21.7 Å². The first-order valence-corrected chi connectivity index (χ1v) is 8.22. The summed E-state index contributed by atoms with van der Waals surface area (Å²) in [6.45, 7) is 0. The standard InChI is InChI=1S/C19H14N2O3S/c1-23-15-8-7-12(10-16(15)24-2)9-13(11-20)19-21-18(22)14-5-3-4-6-17(14)25-19/h3-10H,1-2H3. The van der Waals surface area contributed by atoms with Gasteiger partial charge in [-0.25, -0.2) is 0 Å². The van der Waals surface area contributed by atoms with Gasteiger partial charge in [0.15, 0.2) is 11.5 Å². The van der Waals surface area contributed by atoms with E-state index in [0.29, 0.717) is 27.5 Å². The smallest absolute Gasteiger partial charge is 0.279 e. The molecule has 124 valence electrons. The summed E-state index contributed by atoms with van der Waals surface area (Å²) in [5.74, 6) is 1.17. The number of rotatable bonds is 4. The van der Waals surface area contributed by atoms with Crippen molar-refractivity contribution in [2.45, 2.75) is 0 Å². The molecule has 0 aliphatic heterocycles. The summed E-state index contributed by atoms with van der Waals surface area (Å²) < 4.78 is 11.3. The van der Waals surface area contributed by atoms with Crippen LogP contribution in [0.1, 0.15) is 10.6 Å². The zero-order valence-corrected chi connectivity index (χ0v) is 14.5.